The monoisotopic (exact) mass is 242 g/mol. The van der Waals surface area contributed by atoms with Gasteiger partial charge in [-0.2, -0.15) is 0 Å². The average Bonchev–Trinajstić information content (AvgIpc) is 2.35. The number of aliphatic imine (C=N–C) groups is 1. The van der Waals surface area contributed by atoms with Crippen molar-refractivity contribution in [2.24, 2.45) is 22.7 Å². The highest BCUT2D eigenvalue weighted by atomic mass is 16.5. The van der Waals surface area contributed by atoms with Crippen LogP contribution in [0.1, 0.15) is 32.6 Å². The summed E-state index contributed by atoms with van der Waals surface area (Å²) in [6.45, 7) is 4.58. The van der Waals surface area contributed by atoms with Gasteiger partial charge >= 0.3 is 0 Å². The van der Waals surface area contributed by atoms with E-state index in [0.717, 1.165) is 24.9 Å². The van der Waals surface area contributed by atoms with E-state index in [1.165, 1.54) is 25.7 Å². The van der Waals surface area contributed by atoms with Crippen molar-refractivity contribution in [3.05, 3.63) is 0 Å². The molecule has 0 heterocycles. The van der Waals surface area contributed by atoms with Gasteiger partial charge in [0.15, 0.2) is 0 Å². The number of methoxy groups -OCH3 is 1. The van der Waals surface area contributed by atoms with E-state index in [4.69, 9.17) is 10.6 Å². The van der Waals surface area contributed by atoms with Crippen LogP contribution in [-0.2, 0) is 4.74 Å². The van der Waals surface area contributed by atoms with E-state index >= 15 is 0 Å². The molecule has 5 heteroatoms. The highest BCUT2D eigenvalue weighted by Crippen LogP contribution is 2.28. The summed E-state index contributed by atoms with van der Waals surface area (Å²) < 4.78 is 4.96. The lowest BCUT2D eigenvalue weighted by Crippen LogP contribution is -2.43. The van der Waals surface area contributed by atoms with E-state index < -0.39 is 0 Å². The summed E-state index contributed by atoms with van der Waals surface area (Å²) in [5, 5.41) is 3.11. The van der Waals surface area contributed by atoms with Crippen LogP contribution < -0.4 is 16.6 Å². The van der Waals surface area contributed by atoms with Crippen LogP contribution in [0.3, 0.4) is 0 Å². The Morgan fingerprint density at radius 3 is 2.65 bits per heavy atom. The van der Waals surface area contributed by atoms with Crippen molar-refractivity contribution in [1.29, 1.82) is 0 Å². The molecule has 1 aliphatic rings. The first-order valence-corrected chi connectivity index (χ1v) is 6.50. The van der Waals surface area contributed by atoms with Crippen LogP contribution >= 0.6 is 0 Å². The number of hydrogen-bond donors (Lipinski definition) is 3. The lowest BCUT2D eigenvalue weighted by atomic mass is 9.83. The number of rotatable bonds is 5. The molecule has 5 nitrogen and oxygen atoms in total. The van der Waals surface area contributed by atoms with Gasteiger partial charge in [-0.15, -0.1) is 0 Å². The Labute approximate surface area is 104 Å². The first kappa shape index (κ1) is 14.3. The maximum atomic E-state index is 5.41. The van der Waals surface area contributed by atoms with Gasteiger partial charge in [0, 0.05) is 20.2 Å². The number of guanidine groups is 1. The summed E-state index contributed by atoms with van der Waals surface area (Å²) in [5.41, 5.74) is 2.59. The molecular weight excluding hydrogens is 216 g/mol. The van der Waals surface area contributed by atoms with Crippen LogP contribution in [0.2, 0.25) is 0 Å². The molecule has 100 valence electrons. The Hall–Kier alpha value is -0.810. The van der Waals surface area contributed by atoms with Gasteiger partial charge in [0.05, 0.1) is 6.61 Å². The second kappa shape index (κ2) is 8.31. The molecule has 0 saturated heterocycles. The van der Waals surface area contributed by atoms with E-state index in [2.05, 4.69) is 22.7 Å². The predicted octanol–water partition coefficient (Wildman–Crippen LogP) is 0.868. The summed E-state index contributed by atoms with van der Waals surface area (Å²) in [6, 6.07) is 0. The Balaban J connectivity index is 2.23. The van der Waals surface area contributed by atoms with Crippen molar-refractivity contribution in [3.63, 3.8) is 0 Å². The van der Waals surface area contributed by atoms with Crippen molar-refractivity contribution in [2.75, 3.05) is 26.8 Å². The fourth-order valence-corrected chi connectivity index (χ4v) is 2.16. The third-order valence-corrected chi connectivity index (χ3v) is 3.38. The van der Waals surface area contributed by atoms with Gasteiger partial charge in [0.25, 0.3) is 0 Å². The van der Waals surface area contributed by atoms with Gasteiger partial charge in [-0.3, -0.25) is 10.4 Å². The Morgan fingerprint density at radius 2 is 2.06 bits per heavy atom. The van der Waals surface area contributed by atoms with Gasteiger partial charge in [-0.1, -0.05) is 19.8 Å². The van der Waals surface area contributed by atoms with Crippen LogP contribution in [0.4, 0.5) is 0 Å². The zero-order valence-electron chi connectivity index (χ0n) is 11.0. The van der Waals surface area contributed by atoms with Crippen LogP contribution in [0, 0.1) is 11.8 Å². The standard InChI is InChI=1S/C12H26N4O/c1-10-3-5-11(6-4-10)9-15-12(16-13)14-7-8-17-2/h10-11H,3-9,13H2,1-2H3,(H2,14,15,16). The van der Waals surface area contributed by atoms with E-state index in [1.807, 2.05) is 0 Å². The number of hydrogen-bond acceptors (Lipinski definition) is 3. The van der Waals surface area contributed by atoms with E-state index in [-0.39, 0.29) is 0 Å². The van der Waals surface area contributed by atoms with E-state index in [1.54, 1.807) is 7.11 Å². The minimum atomic E-state index is 0.654. The Kier molecular flexibility index (Phi) is 6.96. The van der Waals surface area contributed by atoms with Crippen LogP contribution in [0.5, 0.6) is 0 Å². The molecule has 4 N–H and O–H groups in total. The summed E-state index contributed by atoms with van der Waals surface area (Å²) >= 11 is 0. The molecule has 1 saturated carbocycles. The predicted molar refractivity (Wildman–Crippen MR) is 70.6 cm³/mol. The molecule has 0 aromatic carbocycles. The molecule has 0 atom stereocenters. The Morgan fingerprint density at radius 1 is 1.35 bits per heavy atom. The van der Waals surface area contributed by atoms with Crippen molar-refractivity contribution in [2.45, 2.75) is 32.6 Å². The number of ether oxygens (including phenoxy) is 1. The summed E-state index contributed by atoms with van der Waals surface area (Å²) in [7, 11) is 1.68. The fourth-order valence-electron chi connectivity index (χ4n) is 2.16. The van der Waals surface area contributed by atoms with Crippen LogP contribution in [-0.4, -0.2) is 32.8 Å². The summed E-state index contributed by atoms with van der Waals surface area (Å²) in [6.07, 6.45) is 5.26. The van der Waals surface area contributed by atoms with Gasteiger partial charge in [-0.05, 0) is 24.7 Å². The minimum Gasteiger partial charge on any atom is -0.383 e. The van der Waals surface area contributed by atoms with E-state index in [9.17, 15) is 0 Å². The number of nitrogens with two attached hydrogens (primary N) is 1. The zero-order valence-corrected chi connectivity index (χ0v) is 11.0. The number of nitrogens with zero attached hydrogens (tertiary/aromatic N) is 1. The van der Waals surface area contributed by atoms with Crippen molar-refractivity contribution in [3.8, 4) is 0 Å². The third kappa shape index (κ3) is 5.89. The average molecular weight is 242 g/mol. The molecule has 1 fully saturated rings. The van der Waals surface area contributed by atoms with Crippen molar-refractivity contribution < 1.29 is 4.74 Å². The molecule has 0 unspecified atom stereocenters. The maximum Gasteiger partial charge on any atom is 0.205 e. The maximum absolute atomic E-state index is 5.41. The zero-order chi connectivity index (χ0) is 12.5. The van der Waals surface area contributed by atoms with Crippen LogP contribution in [0.25, 0.3) is 0 Å². The highest BCUT2D eigenvalue weighted by Gasteiger charge is 2.17. The summed E-state index contributed by atoms with van der Waals surface area (Å²) in [5.74, 6) is 7.69. The molecule has 0 aromatic heterocycles. The van der Waals surface area contributed by atoms with Gasteiger partial charge in [0.1, 0.15) is 0 Å². The van der Waals surface area contributed by atoms with E-state index in [0.29, 0.717) is 12.6 Å². The normalized spacial score (nSPS) is 25.7. The minimum absolute atomic E-state index is 0.654. The fraction of sp³-hybridized carbons (Fsp3) is 0.917. The van der Waals surface area contributed by atoms with Gasteiger partial charge in [-0.25, -0.2) is 5.84 Å². The molecule has 0 radical (unpaired) electrons. The topological polar surface area (TPSA) is 71.7 Å². The lowest BCUT2D eigenvalue weighted by molar-refractivity contribution is 0.203. The lowest BCUT2D eigenvalue weighted by Gasteiger charge is -2.24. The smallest absolute Gasteiger partial charge is 0.205 e. The largest absolute Gasteiger partial charge is 0.383 e. The van der Waals surface area contributed by atoms with Crippen molar-refractivity contribution in [1.82, 2.24) is 10.7 Å². The molecule has 1 aliphatic carbocycles. The molecular formula is C12H26N4O. The molecule has 0 spiro atoms. The van der Waals surface area contributed by atoms with Crippen molar-refractivity contribution >= 4 is 5.96 Å². The van der Waals surface area contributed by atoms with Gasteiger partial charge < -0.3 is 10.1 Å². The highest BCUT2D eigenvalue weighted by molar-refractivity contribution is 5.79. The second-order valence-corrected chi connectivity index (χ2v) is 4.88. The molecule has 0 aliphatic heterocycles. The first-order chi connectivity index (χ1) is 8.26. The summed E-state index contributed by atoms with van der Waals surface area (Å²) in [4.78, 5) is 4.48. The molecule has 17 heavy (non-hydrogen) atoms. The molecule has 1 rings (SSSR count). The first-order valence-electron chi connectivity index (χ1n) is 6.50. The van der Waals surface area contributed by atoms with Crippen LogP contribution in [0.15, 0.2) is 4.99 Å². The Bertz CT molecular complexity index is 225. The molecule has 0 amide bonds. The second-order valence-electron chi connectivity index (χ2n) is 4.88. The number of hydrazine groups is 1. The van der Waals surface area contributed by atoms with Gasteiger partial charge in [0.2, 0.25) is 5.96 Å². The molecule has 0 aromatic rings. The third-order valence-electron chi connectivity index (χ3n) is 3.38. The SMILES string of the molecule is COCCNC(=NCC1CCC(C)CC1)NN. The quantitative estimate of drug-likeness (QED) is 0.220. The molecule has 0 bridgehead atoms. The number of nitrogens with one attached hydrogen (secondary N) is 2.